The average Bonchev–Trinajstić information content (AvgIpc) is 2.43. The van der Waals surface area contributed by atoms with E-state index >= 15 is 0 Å². The van der Waals surface area contributed by atoms with Gasteiger partial charge in [-0.2, -0.15) is 0 Å². The number of ether oxygens (including phenoxy) is 4. The highest BCUT2D eigenvalue weighted by Gasteiger charge is 2.31. The van der Waals surface area contributed by atoms with Crippen LogP contribution in [0.15, 0.2) is 0 Å². The van der Waals surface area contributed by atoms with Gasteiger partial charge in [0, 0.05) is 31.1 Å². The second kappa shape index (κ2) is 10.1. The van der Waals surface area contributed by atoms with Crippen molar-refractivity contribution in [1.82, 2.24) is 0 Å². The Labute approximate surface area is 118 Å². The predicted molar refractivity (Wildman–Crippen MR) is 74.4 cm³/mol. The molecule has 1 aliphatic rings. The molecule has 0 radical (unpaired) electrons. The van der Waals surface area contributed by atoms with E-state index in [1.54, 1.807) is 7.11 Å². The van der Waals surface area contributed by atoms with Gasteiger partial charge in [0.1, 0.15) is 0 Å². The molecule has 5 heteroatoms. The molecule has 0 spiro atoms. The number of rotatable bonds is 10. The maximum Gasteiger partial charge on any atom is 0.0701 e. The van der Waals surface area contributed by atoms with Gasteiger partial charge in [-0.25, -0.2) is 0 Å². The van der Waals surface area contributed by atoms with Crippen molar-refractivity contribution in [2.24, 2.45) is 5.41 Å². The van der Waals surface area contributed by atoms with Crippen LogP contribution in [-0.2, 0) is 18.9 Å². The van der Waals surface area contributed by atoms with Gasteiger partial charge >= 0.3 is 0 Å². The van der Waals surface area contributed by atoms with Gasteiger partial charge < -0.3 is 18.9 Å². The summed E-state index contributed by atoms with van der Waals surface area (Å²) in [4.78, 5) is 0. The summed E-state index contributed by atoms with van der Waals surface area (Å²) in [5, 5.41) is 0.994. The third kappa shape index (κ3) is 6.48. The van der Waals surface area contributed by atoms with Crippen LogP contribution < -0.4 is 0 Å². The summed E-state index contributed by atoms with van der Waals surface area (Å²) in [6.45, 7) is 5.12. The molecule has 0 aromatic rings. The van der Waals surface area contributed by atoms with Crippen molar-refractivity contribution in [3.05, 3.63) is 0 Å². The average molecular weight is 325 g/mol. The van der Waals surface area contributed by atoms with Crippen LogP contribution in [-0.4, -0.2) is 58.7 Å². The van der Waals surface area contributed by atoms with Gasteiger partial charge in [-0.15, -0.1) is 0 Å². The van der Waals surface area contributed by atoms with Crippen LogP contribution in [0.25, 0.3) is 0 Å². The zero-order valence-corrected chi connectivity index (χ0v) is 12.9. The fourth-order valence-electron chi connectivity index (χ4n) is 2.03. The molecule has 18 heavy (non-hydrogen) atoms. The molecular weight excluding hydrogens is 300 g/mol. The monoisotopic (exact) mass is 324 g/mol. The van der Waals surface area contributed by atoms with E-state index in [1.807, 2.05) is 0 Å². The van der Waals surface area contributed by atoms with E-state index in [0.717, 1.165) is 38.0 Å². The molecule has 0 saturated carbocycles. The molecule has 4 nitrogen and oxygen atoms in total. The first-order valence-electron chi connectivity index (χ1n) is 6.61. The van der Waals surface area contributed by atoms with Crippen molar-refractivity contribution in [3.8, 4) is 0 Å². The van der Waals surface area contributed by atoms with Crippen LogP contribution in [0.5, 0.6) is 0 Å². The van der Waals surface area contributed by atoms with Gasteiger partial charge in [0.15, 0.2) is 0 Å². The third-order valence-corrected chi connectivity index (χ3v) is 4.46. The van der Waals surface area contributed by atoms with Gasteiger partial charge in [0.05, 0.1) is 33.0 Å². The summed E-state index contributed by atoms with van der Waals surface area (Å²) < 4.78 is 21.4. The van der Waals surface area contributed by atoms with Crippen LogP contribution in [0.4, 0.5) is 0 Å². The van der Waals surface area contributed by atoms with Crippen molar-refractivity contribution in [2.75, 3.05) is 58.7 Å². The Morgan fingerprint density at radius 2 is 1.83 bits per heavy atom. The van der Waals surface area contributed by atoms with E-state index in [0.29, 0.717) is 26.4 Å². The first-order chi connectivity index (χ1) is 8.83. The smallest absolute Gasteiger partial charge is 0.0701 e. The van der Waals surface area contributed by atoms with Crippen LogP contribution in [0.1, 0.15) is 19.3 Å². The molecule has 0 aliphatic carbocycles. The van der Waals surface area contributed by atoms with E-state index in [-0.39, 0.29) is 5.41 Å². The van der Waals surface area contributed by atoms with Crippen molar-refractivity contribution in [2.45, 2.75) is 19.3 Å². The summed E-state index contributed by atoms with van der Waals surface area (Å²) >= 11 is 3.61. The quantitative estimate of drug-likeness (QED) is 0.456. The zero-order valence-electron chi connectivity index (χ0n) is 11.3. The molecule has 1 unspecified atom stereocenters. The SMILES string of the molecule is COCCOCCOCCC1(CBr)CCCOC1. The lowest BCUT2D eigenvalue weighted by molar-refractivity contribution is -0.0229. The Balaban J connectivity index is 1.98. The molecule has 0 aromatic carbocycles. The Morgan fingerprint density at radius 1 is 1.11 bits per heavy atom. The van der Waals surface area contributed by atoms with Crippen molar-refractivity contribution in [1.29, 1.82) is 0 Å². The molecule has 108 valence electrons. The Hall–Kier alpha value is 0.320. The van der Waals surface area contributed by atoms with Crippen molar-refractivity contribution < 1.29 is 18.9 Å². The van der Waals surface area contributed by atoms with E-state index in [4.69, 9.17) is 18.9 Å². The fourth-order valence-corrected chi connectivity index (χ4v) is 2.75. The molecule has 1 rings (SSSR count). The van der Waals surface area contributed by atoms with Crippen LogP contribution in [0.3, 0.4) is 0 Å². The number of methoxy groups -OCH3 is 1. The minimum absolute atomic E-state index is 0.273. The Morgan fingerprint density at radius 3 is 2.44 bits per heavy atom. The molecule has 0 amide bonds. The minimum Gasteiger partial charge on any atom is -0.382 e. The lowest BCUT2D eigenvalue weighted by atomic mass is 9.82. The maximum absolute atomic E-state index is 5.60. The summed E-state index contributed by atoms with van der Waals surface area (Å²) in [5.74, 6) is 0. The van der Waals surface area contributed by atoms with Crippen LogP contribution in [0, 0.1) is 5.41 Å². The first kappa shape index (κ1) is 16.4. The molecule has 1 fully saturated rings. The molecule has 1 heterocycles. The predicted octanol–water partition coefficient (Wildman–Crippen LogP) is 2.25. The standard InChI is InChI=1S/C13H25BrO4/c1-15-7-8-17-10-9-16-6-4-13(11-14)3-2-5-18-12-13/h2-12H2,1H3. The van der Waals surface area contributed by atoms with Crippen LogP contribution >= 0.6 is 15.9 Å². The molecule has 1 atom stereocenters. The van der Waals surface area contributed by atoms with Crippen LogP contribution in [0.2, 0.25) is 0 Å². The van der Waals surface area contributed by atoms with E-state index in [2.05, 4.69) is 15.9 Å². The number of hydrogen-bond donors (Lipinski definition) is 0. The lowest BCUT2D eigenvalue weighted by Crippen LogP contribution is -2.34. The summed E-state index contributed by atoms with van der Waals surface area (Å²) in [6.07, 6.45) is 3.44. The maximum atomic E-state index is 5.60. The normalized spacial score (nSPS) is 24.3. The van der Waals surface area contributed by atoms with Crippen molar-refractivity contribution in [3.63, 3.8) is 0 Å². The highest BCUT2D eigenvalue weighted by Crippen LogP contribution is 2.34. The molecule has 0 bridgehead atoms. The first-order valence-corrected chi connectivity index (χ1v) is 7.73. The summed E-state index contributed by atoms with van der Waals surface area (Å²) in [7, 11) is 1.67. The molecule has 1 aliphatic heterocycles. The Kier molecular flexibility index (Phi) is 9.23. The molecule has 1 saturated heterocycles. The third-order valence-electron chi connectivity index (χ3n) is 3.27. The van der Waals surface area contributed by atoms with E-state index in [9.17, 15) is 0 Å². The molecule has 0 aromatic heterocycles. The number of alkyl halides is 1. The largest absolute Gasteiger partial charge is 0.382 e. The highest BCUT2D eigenvalue weighted by atomic mass is 79.9. The Bertz CT molecular complexity index is 195. The van der Waals surface area contributed by atoms with Gasteiger partial charge in [0.25, 0.3) is 0 Å². The van der Waals surface area contributed by atoms with E-state index in [1.165, 1.54) is 6.42 Å². The summed E-state index contributed by atoms with van der Waals surface area (Å²) in [5.41, 5.74) is 0.273. The van der Waals surface area contributed by atoms with E-state index < -0.39 is 0 Å². The lowest BCUT2D eigenvalue weighted by Gasteiger charge is -2.35. The minimum atomic E-state index is 0.273. The number of hydrogen-bond acceptors (Lipinski definition) is 4. The second-order valence-corrected chi connectivity index (χ2v) is 5.32. The second-order valence-electron chi connectivity index (χ2n) is 4.76. The topological polar surface area (TPSA) is 36.9 Å². The molecular formula is C13H25BrO4. The van der Waals surface area contributed by atoms with Crippen molar-refractivity contribution >= 4 is 15.9 Å². The zero-order chi connectivity index (χ0) is 13.1. The number of halogens is 1. The van der Waals surface area contributed by atoms with Gasteiger partial charge in [-0.1, -0.05) is 15.9 Å². The summed E-state index contributed by atoms with van der Waals surface area (Å²) in [6, 6.07) is 0. The fraction of sp³-hybridized carbons (Fsp3) is 1.00. The highest BCUT2D eigenvalue weighted by molar-refractivity contribution is 9.09. The van der Waals surface area contributed by atoms with Gasteiger partial charge in [-0.05, 0) is 19.3 Å². The van der Waals surface area contributed by atoms with Gasteiger partial charge in [-0.3, -0.25) is 0 Å². The van der Waals surface area contributed by atoms with Gasteiger partial charge in [0.2, 0.25) is 0 Å². The molecule has 0 N–H and O–H groups in total.